The van der Waals surface area contributed by atoms with E-state index in [0.717, 1.165) is 5.56 Å². The number of sulfonamides is 1. The largest absolute Gasteiger partial charge is 0.468 e. The highest BCUT2D eigenvalue weighted by Gasteiger charge is 2.19. The van der Waals surface area contributed by atoms with Crippen LogP contribution in [-0.4, -0.2) is 15.5 Å². The van der Waals surface area contributed by atoms with Crippen LogP contribution >= 0.6 is 11.6 Å². The Kier molecular flexibility index (Phi) is 5.05. The van der Waals surface area contributed by atoms with Gasteiger partial charge in [0.05, 0.1) is 17.7 Å². The van der Waals surface area contributed by atoms with Crippen LogP contribution in [0.3, 0.4) is 0 Å². The molecule has 0 spiro atoms. The summed E-state index contributed by atoms with van der Waals surface area (Å²) in [5.41, 5.74) is 1.53. The van der Waals surface area contributed by atoms with E-state index >= 15 is 0 Å². The number of nitrogens with one attached hydrogen (secondary N) is 2. The molecule has 0 radical (unpaired) electrons. The van der Waals surface area contributed by atoms with Crippen LogP contribution in [0.15, 0.2) is 39.8 Å². The standard InChI is InChI=1S/C14H17ClN2O3S/c1-10-11(8-16-2)6-12(15)7-14(10)21(18,19)17-9-13-4-3-5-20-13/h3-7,16-17H,8-9H2,1-2H3. The normalized spacial score (nSPS) is 11.8. The number of benzene rings is 1. The average molecular weight is 329 g/mol. The van der Waals surface area contributed by atoms with E-state index in [9.17, 15) is 8.42 Å². The number of rotatable bonds is 6. The van der Waals surface area contributed by atoms with Crippen molar-refractivity contribution in [1.29, 1.82) is 0 Å². The summed E-state index contributed by atoms with van der Waals surface area (Å²) in [5.74, 6) is 0.550. The van der Waals surface area contributed by atoms with E-state index in [1.54, 1.807) is 32.2 Å². The average Bonchev–Trinajstić information content (AvgIpc) is 2.94. The zero-order valence-corrected chi connectivity index (χ0v) is 13.4. The first-order valence-corrected chi connectivity index (χ1v) is 8.26. The molecule has 0 bridgehead atoms. The number of halogens is 1. The van der Waals surface area contributed by atoms with Crippen LogP contribution in [-0.2, 0) is 23.1 Å². The molecule has 0 aliphatic rings. The lowest BCUT2D eigenvalue weighted by Gasteiger charge is -2.13. The van der Waals surface area contributed by atoms with Gasteiger partial charge >= 0.3 is 0 Å². The van der Waals surface area contributed by atoms with Gasteiger partial charge < -0.3 is 9.73 Å². The Bertz CT molecular complexity index is 712. The SMILES string of the molecule is CNCc1cc(Cl)cc(S(=O)(=O)NCc2ccco2)c1C. The lowest BCUT2D eigenvalue weighted by Crippen LogP contribution is -2.24. The fraction of sp³-hybridized carbons (Fsp3) is 0.286. The van der Waals surface area contributed by atoms with E-state index < -0.39 is 10.0 Å². The van der Waals surface area contributed by atoms with Crippen LogP contribution in [0.5, 0.6) is 0 Å². The van der Waals surface area contributed by atoms with Gasteiger partial charge in [-0.25, -0.2) is 13.1 Å². The Balaban J connectivity index is 2.30. The molecule has 0 atom stereocenters. The second-order valence-corrected chi connectivity index (χ2v) is 6.79. The predicted octanol–water partition coefficient (Wildman–Crippen LogP) is 2.44. The third-order valence-corrected chi connectivity index (χ3v) is 4.85. The molecule has 21 heavy (non-hydrogen) atoms. The van der Waals surface area contributed by atoms with Gasteiger partial charge in [0.1, 0.15) is 5.76 Å². The van der Waals surface area contributed by atoms with Crippen molar-refractivity contribution in [2.24, 2.45) is 0 Å². The topological polar surface area (TPSA) is 71.3 Å². The molecule has 0 saturated carbocycles. The van der Waals surface area contributed by atoms with Crippen molar-refractivity contribution in [2.45, 2.75) is 24.9 Å². The first kappa shape index (κ1) is 16.0. The maximum atomic E-state index is 12.4. The van der Waals surface area contributed by atoms with Gasteiger partial charge in [-0.1, -0.05) is 11.6 Å². The highest BCUT2D eigenvalue weighted by molar-refractivity contribution is 7.89. The highest BCUT2D eigenvalue weighted by Crippen LogP contribution is 2.24. The number of hydrogen-bond acceptors (Lipinski definition) is 4. The Morgan fingerprint density at radius 2 is 2.05 bits per heavy atom. The maximum Gasteiger partial charge on any atom is 0.241 e. The molecule has 5 nitrogen and oxygen atoms in total. The van der Waals surface area contributed by atoms with E-state index in [4.69, 9.17) is 16.0 Å². The lowest BCUT2D eigenvalue weighted by molar-refractivity contribution is 0.498. The van der Waals surface area contributed by atoms with Crippen molar-refractivity contribution in [3.05, 3.63) is 52.4 Å². The molecule has 0 fully saturated rings. The fourth-order valence-electron chi connectivity index (χ4n) is 2.02. The fourth-order valence-corrected chi connectivity index (χ4v) is 3.63. The maximum absolute atomic E-state index is 12.4. The van der Waals surface area contributed by atoms with Crippen molar-refractivity contribution in [1.82, 2.24) is 10.0 Å². The summed E-state index contributed by atoms with van der Waals surface area (Å²) in [5, 5.41) is 3.39. The zero-order chi connectivity index (χ0) is 15.5. The molecule has 0 amide bonds. The molecule has 7 heteroatoms. The summed E-state index contributed by atoms with van der Waals surface area (Å²) in [6.45, 7) is 2.42. The van der Waals surface area contributed by atoms with E-state index in [1.165, 1.54) is 12.3 Å². The molecule has 1 aromatic heterocycles. The third kappa shape index (κ3) is 3.85. The van der Waals surface area contributed by atoms with Crippen LogP contribution < -0.4 is 10.0 Å². The summed E-state index contributed by atoms with van der Waals surface area (Å²) in [7, 11) is -1.86. The summed E-state index contributed by atoms with van der Waals surface area (Å²) < 4.78 is 32.5. The van der Waals surface area contributed by atoms with Crippen LogP contribution in [0.4, 0.5) is 0 Å². The minimum atomic E-state index is -3.65. The molecule has 0 saturated heterocycles. The van der Waals surface area contributed by atoms with Gasteiger partial charge in [0.15, 0.2) is 0 Å². The monoisotopic (exact) mass is 328 g/mol. The van der Waals surface area contributed by atoms with E-state index in [-0.39, 0.29) is 11.4 Å². The predicted molar refractivity (Wildman–Crippen MR) is 81.7 cm³/mol. The minimum Gasteiger partial charge on any atom is -0.468 e. The molecule has 1 heterocycles. The third-order valence-electron chi connectivity index (χ3n) is 3.11. The van der Waals surface area contributed by atoms with Gasteiger partial charge in [0.2, 0.25) is 10.0 Å². The van der Waals surface area contributed by atoms with Gasteiger partial charge in [-0.3, -0.25) is 0 Å². The van der Waals surface area contributed by atoms with Crippen molar-refractivity contribution in [2.75, 3.05) is 7.05 Å². The molecular formula is C14H17ClN2O3S. The molecule has 0 aliphatic heterocycles. The molecule has 0 unspecified atom stereocenters. The van der Waals surface area contributed by atoms with Crippen LogP contribution in [0.2, 0.25) is 5.02 Å². The van der Waals surface area contributed by atoms with Crippen LogP contribution in [0.25, 0.3) is 0 Å². The molecule has 2 N–H and O–H groups in total. The van der Waals surface area contributed by atoms with Gasteiger partial charge in [0.25, 0.3) is 0 Å². The summed E-state index contributed by atoms with van der Waals surface area (Å²) in [6.07, 6.45) is 1.50. The molecule has 2 rings (SSSR count). The van der Waals surface area contributed by atoms with E-state index in [1.807, 2.05) is 0 Å². The van der Waals surface area contributed by atoms with Crippen molar-refractivity contribution in [3.63, 3.8) is 0 Å². The van der Waals surface area contributed by atoms with Gasteiger partial charge in [-0.2, -0.15) is 0 Å². The van der Waals surface area contributed by atoms with Gasteiger partial charge in [0, 0.05) is 11.6 Å². The Morgan fingerprint density at radius 1 is 1.29 bits per heavy atom. The van der Waals surface area contributed by atoms with E-state index in [0.29, 0.717) is 22.9 Å². The van der Waals surface area contributed by atoms with Crippen LogP contribution in [0, 0.1) is 6.92 Å². The van der Waals surface area contributed by atoms with Crippen molar-refractivity contribution in [3.8, 4) is 0 Å². The van der Waals surface area contributed by atoms with Gasteiger partial charge in [-0.15, -0.1) is 0 Å². The molecule has 1 aromatic carbocycles. The first-order valence-electron chi connectivity index (χ1n) is 6.39. The smallest absolute Gasteiger partial charge is 0.241 e. The highest BCUT2D eigenvalue weighted by atomic mass is 35.5. The summed E-state index contributed by atoms with van der Waals surface area (Å²) in [6, 6.07) is 6.64. The quantitative estimate of drug-likeness (QED) is 0.854. The van der Waals surface area contributed by atoms with Crippen molar-refractivity contribution >= 4 is 21.6 Å². The molecular weight excluding hydrogens is 312 g/mol. The molecule has 0 aliphatic carbocycles. The zero-order valence-electron chi connectivity index (χ0n) is 11.8. The summed E-state index contributed by atoms with van der Waals surface area (Å²) >= 11 is 6.02. The molecule has 2 aromatic rings. The second kappa shape index (κ2) is 6.62. The minimum absolute atomic E-state index is 0.0998. The first-order chi connectivity index (χ1) is 9.94. The Labute approximate surface area is 129 Å². The number of hydrogen-bond donors (Lipinski definition) is 2. The Morgan fingerprint density at radius 3 is 2.67 bits per heavy atom. The van der Waals surface area contributed by atoms with Gasteiger partial charge in [-0.05, 0) is 49.4 Å². The lowest BCUT2D eigenvalue weighted by atomic mass is 10.1. The summed E-state index contributed by atoms with van der Waals surface area (Å²) in [4.78, 5) is 0.187. The van der Waals surface area contributed by atoms with Crippen molar-refractivity contribution < 1.29 is 12.8 Å². The Hall–Kier alpha value is -1.34. The second-order valence-electron chi connectivity index (χ2n) is 4.62. The van der Waals surface area contributed by atoms with E-state index in [2.05, 4.69) is 10.0 Å². The van der Waals surface area contributed by atoms with Crippen LogP contribution in [0.1, 0.15) is 16.9 Å². The molecule has 114 valence electrons. The number of furan rings is 1.